The maximum atomic E-state index is 11.1. The minimum atomic E-state index is -0.322. The quantitative estimate of drug-likeness (QED) is 0.422. The van der Waals surface area contributed by atoms with E-state index in [2.05, 4.69) is 14.8 Å². The molecule has 2 heterocycles. The Bertz CT molecular complexity index is 781. The summed E-state index contributed by atoms with van der Waals surface area (Å²) in [5, 5.41) is 10.3. The fourth-order valence-corrected chi connectivity index (χ4v) is 5.26. The lowest BCUT2D eigenvalue weighted by Gasteiger charge is -2.14. The van der Waals surface area contributed by atoms with Crippen molar-refractivity contribution >= 4 is 41.0 Å². The molecule has 2 aromatic rings. The lowest BCUT2D eigenvalue weighted by Crippen LogP contribution is -2.19. The van der Waals surface area contributed by atoms with Crippen molar-refractivity contribution in [3.8, 4) is 0 Å². The van der Waals surface area contributed by atoms with Crippen molar-refractivity contribution in [3.63, 3.8) is 0 Å². The van der Waals surface area contributed by atoms with Crippen LogP contribution < -0.4 is 5.73 Å². The second-order valence-electron chi connectivity index (χ2n) is 6.59. The summed E-state index contributed by atoms with van der Waals surface area (Å²) in [6, 6.07) is 7.91. The summed E-state index contributed by atoms with van der Waals surface area (Å²) in [7, 11) is 0. The van der Waals surface area contributed by atoms with Gasteiger partial charge in [0.25, 0.3) is 0 Å². The van der Waals surface area contributed by atoms with Crippen molar-refractivity contribution in [1.29, 1.82) is 0 Å². The Morgan fingerprint density at radius 1 is 1.29 bits per heavy atom. The topological polar surface area (TPSA) is 83.0 Å². The van der Waals surface area contributed by atoms with Crippen molar-refractivity contribution in [1.82, 2.24) is 14.8 Å². The highest BCUT2D eigenvalue weighted by Crippen LogP contribution is 2.28. The number of rotatable bonds is 11. The third-order valence-electron chi connectivity index (χ3n) is 4.41. The number of aromatic nitrogens is 3. The van der Waals surface area contributed by atoms with Gasteiger partial charge in [0, 0.05) is 30.1 Å². The van der Waals surface area contributed by atoms with Crippen LogP contribution in [-0.4, -0.2) is 44.9 Å². The number of carbonyl (C=O) groups excluding carboxylic acids is 1. The molecule has 1 amide bonds. The molecular weight excluding hydrogens is 416 g/mol. The number of thioether (sulfide) groups is 2. The molecule has 0 spiro atoms. The van der Waals surface area contributed by atoms with E-state index in [-0.39, 0.29) is 18.4 Å². The zero-order valence-corrected chi connectivity index (χ0v) is 18.1. The van der Waals surface area contributed by atoms with Crippen LogP contribution in [0.25, 0.3) is 0 Å². The van der Waals surface area contributed by atoms with Crippen LogP contribution in [0.1, 0.15) is 31.5 Å². The third kappa shape index (κ3) is 6.40. The van der Waals surface area contributed by atoms with Crippen molar-refractivity contribution < 1.29 is 9.53 Å². The molecule has 0 radical (unpaired) electrons. The number of hydrogen-bond acceptors (Lipinski definition) is 6. The Hall–Kier alpha value is -1.22. The first-order valence-corrected chi connectivity index (χ1v) is 11.8. The number of amides is 1. The molecule has 1 saturated heterocycles. The minimum Gasteiger partial charge on any atom is -0.376 e. The fourth-order valence-electron chi connectivity index (χ4n) is 2.99. The van der Waals surface area contributed by atoms with Crippen LogP contribution in [0.2, 0.25) is 5.02 Å². The average Bonchev–Trinajstić information content (AvgIpc) is 3.32. The van der Waals surface area contributed by atoms with Gasteiger partial charge in [-0.05, 0) is 37.1 Å². The van der Waals surface area contributed by atoms with E-state index in [1.165, 1.54) is 0 Å². The van der Waals surface area contributed by atoms with E-state index >= 15 is 0 Å². The molecule has 1 aromatic carbocycles. The molecule has 1 fully saturated rings. The van der Waals surface area contributed by atoms with E-state index in [0.29, 0.717) is 6.42 Å². The van der Waals surface area contributed by atoms with Crippen LogP contribution in [0, 0.1) is 0 Å². The second-order valence-corrected chi connectivity index (χ2v) is 9.20. The summed E-state index contributed by atoms with van der Waals surface area (Å²) in [6.07, 6.45) is 4.15. The molecule has 152 valence electrons. The van der Waals surface area contributed by atoms with E-state index in [0.717, 1.165) is 64.8 Å². The zero-order valence-electron chi connectivity index (χ0n) is 15.7. The molecule has 1 unspecified atom stereocenters. The fraction of sp³-hybridized carbons (Fsp3) is 0.526. The largest absolute Gasteiger partial charge is 0.376 e. The third-order valence-corrected chi connectivity index (χ3v) is 7.07. The van der Waals surface area contributed by atoms with Crippen LogP contribution in [0.5, 0.6) is 0 Å². The maximum absolute atomic E-state index is 11.1. The van der Waals surface area contributed by atoms with E-state index < -0.39 is 0 Å². The van der Waals surface area contributed by atoms with E-state index in [9.17, 15) is 4.79 Å². The Kier molecular flexibility index (Phi) is 8.51. The standard InChI is InChI=1S/C19H25ClN4O2S2/c20-15-6-1-2-7-16(15)27-11-4-12-28-19-23-22-18(9-8-17(21)25)24(19)13-14-5-3-10-26-14/h1-2,6-7,14H,3-5,8-13H2,(H2,21,25). The predicted molar refractivity (Wildman–Crippen MR) is 114 cm³/mol. The number of carbonyl (C=O) groups is 1. The number of halogens is 1. The lowest BCUT2D eigenvalue weighted by molar-refractivity contribution is -0.118. The minimum absolute atomic E-state index is 0.193. The van der Waals surface area contributed by atoms with Crippen LogP contribution in [0.3, 0.4) is 0 Å². The van der Waals surface area contributed by atoms with Gasteiger partial charge in [0.05, 0.1) is 17.7 Å². The number of benzene rings is 1. The first kappa shape index (κ1) is 21.5. The Morgan fingerprint density at radius 2 is 2.11 bits per heavy atom. The van der Waals surface area contributed by atoms with Gasteiger partial charge in [-0.25, -0.2) is 0 Å². The van der Waals surface area contributed by atoms with E-state index in [4.69, 9.17) is 22.1 Å². The van der Waals surface area contributed by atoms with Gasteiger partial charge in [0.1, 0.15) is 5.82 Å². The molecule has 1 atom stereocenters. The number of aryl methyl sites for hydroxylation is 1. The second kappa shape index (κ2) is 11.1. The van der Waals surface area contributed by atoms with Gasteiger partial charge in [-0.1, -0.05) is 35.5 Å². The summed E-state index contributed by atoms with van der Waals surface area (Å²) >= 11 is 9.66. The first-order valence-electron chi connectivity index (χ1n) is 9.45. The van der Waals surface area contributed by atoms with Gasteiger partial charge < -0.3 is 15.0 Å². The predicted octanol–water partition coefficient (Wildman–Crippen LogP) is 3.80. The lowest BCUT2D eigenvalue weighted by atomic mass is 10.2. The molecular formula is C19H25ClN4O2S2. The van der Waals surface area contributed by atoms with E-state index in [1.54, 1.807) is 23.5 Å². The molecule has 1 aliphatic heterocycles. The monoisotopic (exact) mass is 440 g/mol. The van der Waals surface area contributed by atoms with Gasteiger partial charge in [-0.3, -0.25) is 4.79 Å². The van der Waals surface area contributed by atoms with Crippen LogP contribution in [-0.2, 0) is 22.5 Å². The summed E-state index contributed by atoms with van der Waals surface area (Å²) in [4.78, 5) is 12.3. The number of ether oxygens (including phenoxy) is 1. The molecule has 9 heteroatoms. The molecule has 1 aliphatic rings. The highest BCUT2D eigenvalue weighted by atomic mass is 35.5. The molecule has 28 heavy (non-hydrogen) atoms. The molecule has 0 bridgehead atoms. The summed E-state index contributed by atoms with van der Waals surface area (Å²) < 4.78 is 7.87. The van der Waals surface area contributed by atoms with Crippen LogP contribution >= 0.6 is 35.1 Å². The first-order chi connectivity index (χ1) is 13.6. The maximum Gasteiger partial charge on any atom is 0.217 e. The van der Waals surface area contributed by atoms with Crippen LogP contribution in [0.15, 0.2) is 34.3 Å². The highest BCUT2D eigenvalue weighted by molar-refractivity contribution is 8.00. The molecule has 0 saturated carbocycles. The summed E-state index contributed by atoms with van der Waals surface area (Å²) in [5.74, 6) is 2.42. The number of hydrogen-bond donors (Lipinski definition) is 1. The Morgan fingerprint density at radius 3 is 2.86 bits per heavy atom. The molecule has 6 nitrogen and oxygen atoms in total. The smallest absolute Gasteiger partial charge is 0.217 e. The SMILES string of the molecule is NC(=O)CCc1nnc(SCCCSc2ccccc2Cl)n1CC1CCCO1. The van der Waals surface area contributed by atoms with Gasteiger partial charge >= 0.3 is 0 Å². The summed E-state index contributed by atoms with van der Waals surface area (Å²) in [5.41, 5.74) is 5.29. The number of nitrogens with zero attached hydrogens (tertiary/aromatic N) is 3. The average molecular weight is 441 g/mol. The van der Waals surface area contributed by atoms with Gasteiger partial charge in [0.15, 0.2) is 5.16 Å². The highest BCUT2D eigenvalue weighted by Gasteiger charge is 2.21. The van der Waals surface area contributed by atoms with Gasteiger partial charge in [0.2, 0.25) is 5.91 Å². The van der Waals surface area contributed by atoms with Crippen molar-refractivity contribution in [2.45, 2.75) is 54.8 Å². The number of primary amides is 1. The van der Waals surface area contributed by atoms with Crippen molar-refractivity contribution in [3.05, 3.63) is 35.1 Å². The molecule has 3 rings (SSSR count). The molecule has 0 aliphatic carbocycles. The molecule has 2 N–H and O–H groups in total. The van der Waals surface area contributed by atoms with Crippen molar-refractivity contribution in [2.75, 3.05) is 18.1 Å². The zero-order chi connectivity index (χ0) is 19.8. The Balaban J connectivity index is 1.52. The van der Waals surface area contributed by atoms with Crippen molar-refractivity contribution in [2.24, 2.45) is 5.73 Å². The summed E-state index contributed by atoms with van der Waals surface area (Å²) in [6.45, 7) is 1.54. The molecule has 1 aromatic heterocycles. The van der Waals surface area contributed by atoms with Crippen LogP contribution in [0.4, 0.5) is 0 Å². The normalized spacial score (nSPS) is 16.5. The number of nitrogens with two attached hydrogens (primary N) is 1. The van der Waals surface area contributed by atoms with Gasteiger partial charge in [-0.15, -0.1) is 22.0 Å². The Labute approximate surface area is 178 Å². The van der Waals surface area contributed by atoms with Gasteiger partial charge in [-0.2, -0.15) is 0 Å². The van der Waals surface area contributed by atoms with E-state index in [1.807, 2.05) is 24.3 Å².